The molecular weight excluding hydrogens is 212 g/mol. The lowest BCUT2D eigenvalue weighted by Crippen LogP contribution is -1.97. The van der Waals surface area contributed by atoms with Crippen LogP contribution in [0.25, 0.3) is 0 Å². The van der Waals surface area contributed by atoms with Crippen molar-refractivity contribution in [3.05, 3.63) is 47.8 Å². The molecule has 0 aliphatic rings. The first kappa shape index (κ1) is 12.0. The van der Waals surface area contributed by atoms with Gasteiger partial charge in [-0.25, -0.2) is 0 Å². The topological polar surface area (TPSA) is 26.3 Å². The van der Waals surface area contributed by atoms with E-state index >= 15 is 0 Å². The Hall–Kier alpha value is -1.44. The van der Waals surface area contributed by atoms with Crippen LogP contribution in [0, 0.1) is 6.92 Å². The lowest BCUT2D eigenvalue weighted by molar-refractivity contribution is 0.411. The molecule has 0 spiro atoms. The Bertz CT molecular complexity index is 439. The zero-order valence-corrected chi connectivity index (χ0v) is 10.8. The molecule has 92 valence electrons. The minimum atomic E-state index is 0.473. The lowest BCUT2D eigenvalue weighted by Gasteiger charge is -2.12. The molecule has 2 nitrogen and oxygen atoms in total. The van der Waals surface area contributed by atoms with Crippen molar-refractivity contribution >= 4 is 0 Å². The highest BCUT2D eigenvalue weighted by Gasteiger charge is 2.13. The molecule has 0 aliphatic carbocycles. The van der Waals surface area contributed by atoms with Crippen LogP contribution in [0.4, 0.5) is 0 Å². The highest BCUT2D eigenvalue weighted by atomic mass is 16.3. The van der Waals surface area contributed by atoms with E-state index in [-0.39, 0.29) is 0 Å². The van der Waals surface area contributed by atoms with Crippen LogP contribution >= 0.6 is 0 Å². The Morgan fingerprint density at radius 2 is 1.71 bits per heavy atom. The van der Waals surface area contributed by atoms with Crippen LogP contribution in [0.3, 0.4) is 0 Å². The highest BCUT2D eigenvalue weighted by Crippen LogP contribution is 2.28. The van der Waals surface area contributed by atoms with Gasteiger partial charge in [-0.05, 0) is 44.0 Å². The Kier molecular flexibility index (Phi) is 3.72. The quantitative estimate of drug-likeness (QED) is 0.735. The second kappa shape index (κ2) is 5.26. The number of aryl methyl sites for hydroxylation is 1. The molecule has 2 atom stereocenters. The van der Waals surface area contributed by atoms with E-state index in [0.717, 1.165) is 30.1 Å². The number of furan rings is 2. The molecule has 0 aliphatic heterocycles. The van der Waals surface area contributed by atoms with Gasteiger partial charge in [0.2, 0.25) is 0 Å². The van der Waals surface area contributed by atoms with Crippen molar-refractivity contribution in [2.24, 2.45) is 0 Å². The summed E-state index contributed by atoms with van der Waals surface area (Å²) in [5.74, 6) is 4.11. The van der Waals surface area contributed by atoms with E-state index in [9.17, 15) is 0 Å². The second-order valence-electron chi connectivity index (χ2n) is 4.84. The van der Waals surface area contributed by atoms with E-state index in [0.29, 0.717) is 11.8 Å². The van der Waals surface area contributed by atoms with E-state index in [1.807, 2.05) is 25.1 Å². The smallest absolute Gasteiger partial charge is 0.106 e. The van der Waals surface area contributed by atoms with Crippen molar-refractivity contribution in [1.82, 2.24) is 0 Å². The van der Waals surface area contributed by atoms with Gasteiger partial charge in [-0.1, -0.05) is 13.8 Å². The molecule has 2 aromatic rings. The van der Waals surface area contributed by atoms with Crippen LogP contribution in [-0.2, 0) is 0 Å². The molecule has 2 rings (SSSR count). The molecule has 2 aromatic heterocycles. The minimum absolute atomic E-state index is 0.473. The molecule has 0 fully saturated rings. The maximum Gasteiger partial charge on any atom is 0.106 e. The summed E-state index contributed by atoms with van der Waals surface area (Å²) in [6.45, 7) is 6.41. The Balaban J connectivity index is 1.86. The third-order valence-corrected chi connectivity index (χ3v) is 3.31. The van der Waals surface area contributed by atoms with Crippen LogP contribution < -0.4 is 0 Å². The average Bonchev–Trinajstić information content (AvgIpc) is 2.95. The molecule has 0 aromatic carbocycles. The van der Waals surface area contributed by atoms with Crippen LogP contribution in [-0.4, -0.2) is 0 Å². The summed E-state index contributed by atoms with van der Waals surface area (Å²) in [5, 5.41) is 0. The molecule has 17 heavy (non-hydrogen) atoms. The molecule has 0 amide bonds. The predicted molar refractivity (Wildman–Crippen MR) is 68.2 cm³/mol. The fourth-order valence-corrected chi connectivity index (χ4v) is 2.07. The van der Waals surface area contributed by atoms with E-state index in [1.54, 1.807) is 6.26 Å². The molecule has 2 unspecified atom stereocenters. The molecule has 0 radical (unpaired) electrons. The molecule has 0 N–H and O–H groups in total. The second-order valence-corrected chi connectivity index (χ2v) is 4.84. The van der Waals surface area contributed by atoms with Gasteiger partial charge in [-0.15, -0.1) is 0 Å². The number of hydrogen-bond donors (Lipinski definition) is 0. The highest BCUT2D eigenvalue weighted by molar-refractivity contribution is 5.10. The van der Waals surface area contributed by atoms with Gasteiger partial charge in [0, 0.05) is 11.8 Å². The summed E-state index contributed by atoms with van der Waals surface area (Å²) < 4.78 is 11.1. The van der Waals surface area contributed by atoms with E-state index in [2.05, 4.69) is 19.9 Å². The van der Waals surface area contributed by atoms with Crippen molar-refractivity contribution < 1.29 is 8.83 Å². The van der Waals surface area contributed by atoms with Gasteiger partial charge in [-0.3, -0.25) is 0 Å². The SMILES string of the molecule is Cc1ccc(C(C)CCC(C)c2ccco2)o1. The largest absolute Gasteiger partial charge is 0.469 e. The fourth-order valence-electron chi connectivity index (χ4n) is 2.07. The van der Waals surface area contributed by atoms with Crippen molar-refractivity contribution in [2.75, 3.05) is 0 Å². The molecule has 2 heteroatoms. The third-order valence-electron chi connectivity index (χ3n) is 3.31. The fraction of sp³-hybridized carbons (Fsp3) is 0.467. The zero-order chi connectivity index (χ0) is 12.3. The average molecular weight is 232 g/mol. The van der Waals surface area contributed by atoms with Crippen molar-refractivity contribution in [3.63, 3.8) is 0 Å². The van der Waals surface area contributed by atoms with E-state index in [4.69, 9.17) is 8.83 Å². The summed E-state index contributed by atoms with van der Waals surface area (Å²) in [6, 6.07) is 8.11. The maximum atomic E-state index is 5.64. The Labute approximate surface area is 103 Å². The van der Waals surface area contributed by atoms with Gasteiger partial charge in [0.05, 0.1) is 6.26 Å². The Morgan fingerprint density at radius 3 is 2.24 bits per heavy atom. The van der Waals surface area contributed by atoms with Gasteiger partial charge >= 0.3 is 0 Å². The Morgan fingerprint density at radius 1 is 1.00 bits per heavy atom. The van der Waals surface area contributed by atoms with Crippen molar-refractivity contribution in [3.8, 4) is 0 Å². The standard InChI is InChI=1S/C15H20O2/c1-11(14-5-4-10-16-14)6-7-12(2)15-9-8-13(3)17-15/h4-5,8-12H,6-7H2,1-3H3. The minimum Gasteiger partial charge on any atom is -0.469 e. The van der Waals surface area contributed by atoms with Crippen LogP contribution in [0.15, 0.2) is 39.4 Å². The third kappa shape index (κ3) is 3.02. The maximum absolute atomic E-state index is 5.64. The van der Waals surface area contributed by atoms with Crippen LogP contribution in [0.5, 0.6) is 0 Å². The van der Waals surface area contributed by atoms with Gasteiger partial charge < -0.3 is 8.83 Å². The van der Waals surface area contributed by atoms with E-state index < -0.39 is 0 Å². The molecule has 2 heterocycles. The van der Waals surface area contributed by atoms with Gasteiger partial charge in [0.15, 0.2) is 0 Å². The first-order chi connectivity index (χ1) is 8.16. The van der Waals surface area contributed by atoms with Crippen LogP contribution in [0.2, 0.25) is 0 Å². The van der Waals surface area contributed by atoms with E-state index in [1.165, 1.54) is 0 Å². The lowest BCUT2D eigenvalue weighted by atomic mass is 9.95. The monoisotopic (exact) mass is 232 g/mol. The van der Waals surface area contributed by atoms with Gasteiger partial charge in [0.1, 0.15) is 17.3 Å². The summed E-state index contributed by atoms with van der Waals surface area (Å²) >= 11 is 0. The molecular formula is C15H20O2. The molecule has 0 bridgehead atoms. The molecule has 0 saturated heterocycles. The summed E-state index contributed by atoms with van der Waals surface area (Å²) in [5.41, 5.74) is 0. The van der Waals surface area contributed by atoms with Crippen LogP contribution in [0.1, 0.15) is 55.8 Å². The van der Waals surface area contributed by atoms with Gasteiger partial charge in [-0.2, -0.15) is 0 Å². The first-order valence-electron chi connectivity index (χ1n) is 6.26. The summed E-state index contributed by atoms with van der Waals surface area (Å²) in [4.78, 5) is 0. The molecule has 0 saturated carbocycles. The zero-order valence-electron chi connectivity index (χ0n) is 10.8. The van der Waals surface area contributed by atoms with Gasteiger partial charge in [0.25, 0.3) is 0 Å². The number of hydrogen-bond acceptors (Lipinski definition) is 2. The predicted octanol–water partition coefficient (Wildman–Crippen LogP) is 4.87. The first-order valence-corrected chi connectivity index (χ1v) is 6.26. The van der Waals surface area contributed by atoms with Crippen molar-refractivity contribution in [2.45, 2.75) is 45.4 Å². The summed E-state index contributed by atoms with van der Waals surface area (Å²) in [6.07, 6.45) is 3.98. The number of rotatable bonds is 5. The van der Waals surface area contributed by atoms with Crippen molar-refractivity contribution in [1.29, 1.82) is 0 Å². The summed E-state index contributed by atoms with van der Waals surface area (Å²) in [7, 11) is 0. The normalized spacial score (nSPS) is 14.8.